The number of rotatable bonds is 0. The van der Waals surface area contributed by atoms with Crippen molar-refractivity contribution in [3.05, 3.63) is 12.3 Å². The molecule has 1 rings (SSSR count). The van der Waals surface area contributed by atoms with Crippen molar-refractivity contribution in [1.29, 1.82) is 0 Å². The number of hydrogen-bond acceptors (Lipinski definition) is 2. The highest BCUT2D eigenvalue weighted by atomic mass is 32.1. The van der Waals surface area contributed by atoms with Crippen molar-refractivity contribution in [2.45, 2.75) is 0 Å². The van der Waals surface area contributed by atoms with Gasteiger partial charge >= 0.3 is 0 Å². The predicted octanol–water partition coefficient (Wildman–Crippen LogP) is 0.535. The van der Waals surface area contributed by atoms with Crippen LogP contribution in [0.25, 0.3) is 0 Å². The molecule has 0 aromatic heterocycles. The lowest BCUT2D eigenvalue weighted by atomic mass is 10.7. The molecule has 0 amide bonds. The lowest BCUT2D eigenvalue weighted by Crippen LogP contribution is -2.30. The molecule has 8 heavy (non-hydrogen) atoms. The van der Waals surface area contributed by atoms with Crippen LogP contribution in [0, 0.1) is 0 Å². The first kappa shape index (κ1) is 6.07. The Labute approximate surface area is 58.9 Å². The Hall–Kier alpha value is -0.0600. The summed E-state index contributed by atoms with van der Waals surface area (Å²) in [6.45, 7) is 0.848. The minimum atomic E-state index is 0.554. The zero-order chi connectivity index (χ0) is 5.98. The van der Waals surface area contributed by atoms with E-state index in [-0.39, 0.29) is 0 Å². The maximum atomic E-state index is 4.73. The lowest BCUT2D eigenvalue weighted by molar-refractivity contribution is 0.477. The van der Waals surface area contributed by atoms with Gasteiger partial charge in [0, 0.05) is 12.7 Å². The van der Waals surface area contributed by atoms with E-state index in [1.165, 1.54) is 0 Å². The van der Waals surface area contributed by atoms with Crippen molar-refractivity contribution in [2.24, 2.45) is 0 Å². The maximum Gasteiger partial charge on any atom is 0.151 e. The van der Waals surface area contributed by atoms with Crippen molar-refractivity contribution >= 4 is 29.2 Å². The number of hydrogen-bond donors (Lipinski definition) is 2. The van der Waals surface area contributed by atoms with E-state index in [4.69, 9.17) is 12.2 Å². The van der Waals surface area contributed by atoms with Crippen LogP contribution in [-0.4, -0.2) is 15.9 Å². The Bertz CT molecular complexity index is 132. The van der Waals surface area contributed by atoms with Crippen molar-refractivity contribution in [2.75, 3.05) is 6.54 Å². The van der Waals surface area contributed by atoms with Crippen molar-refractivity contribution < 1.29 is 0 Å². The zero-order valence-corrected chi connectivity index (χ0v) is 5.88. The highest BCUT2D eigenvalue weighted by Gasteiger charge is 2.02. The molecule has 1 aliphatic heterocycles. The van der Waals surface area contributed by atoms with Crippen LogP contribution in [0.15, 0.2) is 12.3 Å². The largest absolute Gasteiger partial charge is 0.268 e. The molecule has 0 spiro atoms. The van der Waals surface area contributed by atoms with Gasteiger partial charge in [-0.15, -0.1) is 12.6 Å². The Morgan fingerprint density at radius 2 is 2.62 bits per heavy atom. The first-order valence-electron chi connectivity index (χ1n) is 2.23. The second-order valence-corrected chi connectivity index (χ2v) is 2.51. The molecule has 1 N–H and O–H groups in total. The van der Waals surface area contributed by atoms with Crippen LogP contribution in [-0.2, 0) is 0 Å². The van der Waals surface area contributed by atoms with Gasteiger partial charge in [0.25, 0.3) is 0 Å². The highest BCUT2D eigenvalue weighted by molar-refractivity contribution is 8.10. The fraction of sp³-hybridized carbons (Fsp3) is 0.250. The number of nitrogens with zero attached hydrogens (tertiary/aromatic N) is 1. The van der Waals surface area contributed by atoms with E-state index in [1.807, 2.05) is 12.3 Å². The zero-order valence-electron chi connectivity index (χ0n) is 4.16. The van der Waals surface area contributed by atoms with Gasteiger partial charge in [0.05, 0.1) is 0 Å². The Morgan fingerprint density at radius 3 is 2.88 bits per heavy atom. The third kappa shape index (κ3) is 1.21. The minimum absolute atomic E-state index is 0.554. The molecule has 2 nitrogen and oxygen atoms in total. The second kappa shape index (κ2) is 2.48. The van der Waals surface area contributed by atoms with Gasteiger partial charge < -0.3 is 0 Å². The maximum absolute atomic E-state index is 4.73. The molecular formula is C4H6N2S2. The molecule has 4 heteroatoms. The fourth-order valence-corrected chi connectivity index (χ4v) is 0.756. The SMILES string of the molecule is S=C(S)N1C=CCN1. The minimum Gasteiger partial charge on any atom is -0.268 e. The summed E-state index contributed by atoms with van der Waals surface area (Å²) in [5.74, 6) is 0. The van der Waals surface area contributed by atoms with E-state index in [0.717, 1.165) is 6.54 Å². The van der Waals surface area contributed by atoms with Crippen LogP contribution in [0.4, 0.5) is 0 Å². The van der Waals surface area contributed by atoms with Crippen LogP contribution in [0.1, 0.15) is 0 Å². The highest BCUT2D eigenvalue weighted by Crippen LogP contribution is 1.97. The molecule has 0 aromatic carbocycles. The van der Waals surface area contributed by atoms with Gasteiger partial charge in [0.1, 0.15) is 0 Å². The average Bonchev–Trinajstić information content (AvgIpc) is 2.12. The third-order valence-electron chi connectivity index (χ3n) is 0.840. The van der Waals surface area contributed by atoms with E-state index in [2.05, 4.69) is 18.1 Å². The number of thiol groups is 1. The van der Waals surface area contributed by atoms with Crippen LogP contribution >= 0.6 is 24.8 Å². The van der Waals surface area contributed by atoms with Crippen LogP contribution < -0.4 is 5.43 Å². The molecule has 1 aliphatic rings. The summed E-state index contributed by atoms with van der Waals surface area (Å²) in [6.07, 6.45) is 3.83. The monoisotopic (exact) mass is 146 g/mol. The molecule has 44 valence electrons. The van der Waals surface area contributed by atoms with Crippen molar-refractivity contribution in [1.82, 2.24) is 10.4 Å². The smallest absolute Gasteiger partial charge is 0.151 e. The first-order chi connectivity index (χ1) is 3.80. The molecule has 0 atom stereocenters. The second-order valence-electron chi connectivity index (χ2n) is 1.40. The molecule has 0 saturated carbocycles. The standard InChI is InChI=1S/C4H6N2S2/c7-4(8)6-3-1-2-5-6/h1,3,5H,2H2,(H,7,8). The molecule has 0 saturated heterocycles. The van der Waals surface area contributed by atoms with Gasteiger partial charge in [-0.1, -0.05) is 18.3 Å². The summed E-state index contributed by atoms with van der Waals surface area (Å²) in [4.78, 5) is 0. The summed E-state index contributed by atoms with van der Waals surface area (Å²) < 4.78 is 0.554. The average molecular weight is 146 g/mol. The summed E-state index contributed by atoms with van der Waals surface area (Å²) in [7, 11) is 0. The lowest BCUT2D eigenvalue weighted by Gasteiger charge is -2.11. The summed E-state index contributed by atoms with van der Waals surface area (Å²) in [5.41, 5.74) is 2.96. The summed E-state index contributed by atoms with van der Waals surface area (Å²) >= 11 is 8.67. The van der Waals surface area contributed by atoms with E-state index in [1.54, 1.807) is 5.01 Å². The van der Waals surface area contributed by atoms with Gasteiger partial charge in [-0.3, -0.25) is 5.01 Å². The van der Waals surface area contributed by atoms with Gasteiger partial charge in [-0.25, -0.2) is 5.43 Å². The van der Waals surface area contributed by atoms with Crippen LogP contribution in [0.3, 0.4) is 0 Å². The van der Waals surface area contributed by atoms with Gasteiger partial charge in [0.15, 0.2) is 4.32 Å². The number of thiocarbonyl (C=S) groups is 1. The van der Waals surface area contributed by atoms with E-state index in [9.17, 15) is 0 Å². The van der Waals surface area contributed by atoms with E-state index in [0.29, 0.717) is 4.32 Å². The molecule has 0 bridgehead atoms. The molecular weight excluding hydrogens is 140 g/mol. The predicted molar refractivity (Wildman–Crippen MR) is 40.6 cm³/mol. The Morgan fingerprint density at radius 1 is 1.88 bits per heavy atom. The van der Waals surface area contributed by atoms with Gasteiger partial charge in [-0.05, 0) is 0 Å². The van der Waals surface area contributed by atoms with Crippen LogP contribution in [0.5, 0.6) is 0 Å². The normalized spacial score (nSPS) is 17.4. The van der Waals surface area contributed by atoms with E-state index >= 15 is 0 Å². The molecule has 0 fully saturated rings. The van der Waals surface area contributed by atoms with E-state index < -0.39 is 0 Å². The molecule has 1 heterocycles. The molecule has 0 radical (unpaired) electrons. The molecule has 0 unspecified atom stereocenters. The number of nitrogens with one attached hydrogen (secondary N) is 1. The molecule has 0 aromatic rings. The van der Waals surface area contributed by atoms with Crippen molar-refractivity contribution in [3.63, 3.8) is 0 Å². The van der Waals surface area contributed by atoms with Gasteiger partial charge in [-0.2, -0.15) is 0 Å². The van der Waals surface area contributed by atoms with Crippen molar-refractivity contribution in [3.8, 4) is 0 Å². The quantitative estimate of drug-likeness (QED) is 0.383. The molecule has 0 aliphatic carbocycles. The van der Waals surface area contributed by atoms with Crippen LogP contribution in [0.2, 0.25) is 0 Å². The first-order valence-corrected chi connectivity index (χ1v) is 3.08. The summed E-state index contributed by atoms with van der Waals surface area (Å²) in [5, 5.41) is 1.69. The number of hydrazine groups is 1. The Balaban J connectivity index is 2.48. The summed E-state index contributed by atoms with van der Waals surface area (Å²) in [6, 6.07) is 0. The van der Waals surface area contributed by atoms with Gasteiger partial charge in [0.2, 0.25) is 0 Å². The third-order valence-corrected chi connectivity index (χ3v) is 1.25. The topological polar surface area (TPSA) is 15.3 Å². The Kier molecular flexibility index (Phi) is 1.88. The fourth-order valence-electron chi connectivity index (χ4n) is 0.493.